The van der Waals surface area contributed by atoms with Gasteiger partial charge in [-0.25, -0.2) is 12.8 Å². The molecular formula is C14H19FN2O2S. The molecule has 0 bridgehead atoms. The maximum Gasteiger partial charge on any atom is 0.246 e. The number of nitrogens with zero attached hydrogens (tertiary/aromatic N) is 1. The Balaban J connectivity index is 1.90. The van der Waals surface area contributed by atoms with Gasteiger partial charge in [0.1, 0.15) is 10.7 Å². The predicted octanol–water partition coefficient (Wildman–Crippen LogP) is 1.49. The normalized spacial score (nSPS) is 30.6. The molecule has 1 heterocycles. The Bertz CT molecular complexity index is 632. The van der Waals surface area contributed by atoms with Crippen LogP contribution in [0, 0.1) is 24.6 Å². The van der Waals surface area contributed by atoms with Crippen LogP contribution in [0.4, 0.5) is 4.39 Å². The number of benzene rings is 1. The van der Waals surface area contributed by atoms with Crippen molar-refractivity contribution in [3.8, 4) is 0 Å². The van der Waals surface area contributed by atoms with E-state index in [4.69, 9.17) is 5.73 Å². The summed E-state index contributed by atoms with van der Waals surface area (Å²) in [6.45, 7) is 2.62. The van der Waals surface area contributed by atoms with Gasteiger partial charge < -0.3 is 5.73 Å². The molecule has 1 aromatic rings. The highest BCUT2D eigenvalue weighted by Crippen LogP contribution is 2.39. The topological polar surface area (TPSA) is 63.4 Å². The van der Waals surface area contributed by atoms with Gasteiger partial charge >= 0.3 is 0 Å². The van der Waals surface area contributed by atoms with E-state index in [2.05, 4.69) is 0 Å². The van der Waals surface area contributed by atoms with Gasteiger partial charge in [-0.05, 0) is 49.3 Å². The Morgan fingerprint density at radius 1 is 1.30 bits per heavy atom. The summed E-state index contributed by atoms with van der Waals surface area (Å²) < 4.78 is 40.4. The van der Waals surface area contributed by atoms with Gasteiger partial charge in [-0.3, -0.25) is 0 Å². The lowest BCUT2D eigenvalue weighted by Crippen LogP contribution is -2.33. The fourth-order valence-corrected chi connectivity index (χ4v) is 5.00. The quantitative estimate of drug-likeness (QED) is 0.900. The average Bonchev–Trinajstić information content (AvgIpc) is 2.92. The second-order valence-electron chi connectivity index (χ2n) is 5.92. The summed E-state index contributed by atoms with van der Waals surface area (Å²) in [6.07, 6.45) is 1.93. The van der Waals surface area contributed by atoms with Crippen LogP contribution in [0.2, 0.25) is 0 Å². The van der Waals surface area contributed by atoms with Crippen LogP contribution in [0.5, 0.6) is 0 Å². The van der Waals surface area contributed by atoms with Crippen molar-refractivity contribution in [2.45, 2.75) is 30.7 Å². The van der Waals surface area contributed by atoms with Crippen LogP contribution < -0.4 is 5.73 Å². The molecule has 3 rings (SSSR count). The van der Waals surface area contributed by atoms with Crippen molar-refractivity contribution in [3.63, 3.8) is 0 Å². The van der Waals surface area contributed by atoms with E-state index in [9.17, 15) is 12.8 Å². The monoisotopic (exact) mass is 298 g/mol. The first-order chi connectivity index (χ1) is 9.39. The minimum absolute atomic E-state index is 0.0723. The maximum atomic E-state index is 13.9. The summed E-state index contributed by atoms with van der Waals surface area (Å²) >= 11 is 0. The molecule has 1 saturated carbocycles. The molecule has 0 radical (unpaired) electrons. The zero-order valence-electron chi connectivity index (χ0n) is 11.4. The van der Waals surface area contributed by atoms with Crippen LogP contribution in [-0.4, -0.2) is 31.9 Å². The molecule has 2 fully saturated rings. The van der Waals surface area contributed by atoms with Gasteiger partial charge in [-0.1, -0.05) is 6.07 Å². The van der Waals surface area contributed by atoms with E-state index in [1.807, 2.05) is 0 Å². The Hall–Kier alpha value is -0.980. The third-order valence-electron chi connectivity index (χ3n) is 4.58. The molecule has 4 nitrogen and oxygen atoms in total. The van der Waals surface area contributed by atoms with Gasteiger partial charge in [-0.2, -0.15) is 4.31 Å². The number of rotatable bonds is 2. The third-order valence-corrected chi connectivity index (χ3v) is 6.45. The lowest BCUT2D eigenvalue weighted by molar-refractivity contribution is 0.424. The number of halogens is 1. The average molecular weight is 298 g/mol. The van der Waals surface area contributed by atoms with Gasteiger partial charge in [0.25, 0.3) is 0 Å². The molecule has 3 unspecified atom stereocenters. The Labute approximate surface area is 118 Å². The Morgan fingerprint density at radius 3 is 2.70 bits per heavy atom. The first kappa shape index (κ1) is 14.0. The van der Waals surface area contributed by atoms with Crippen molar-refractivity contribution in [1.29, 1.82) is 0 Å². The van der Waals surface area contributed by atoms with Gasteiger partial charge in [0, 0.05) is 19.1 Å². The van der Waals surface area contributed by atoms with E-state index >= 15 is 0 Å². The molecule has 2 N–H and O–H groups in total. The molecule has 1 saturated heterocycles. The molecule has 1 aliphatic heterocycles. The second-order valence-corrected chi connectivity index (χ2v) is 7.83. The summed E-state index contributed by atoms with van der Waals surface area (Å²) in [5.74, 6) is -0.127. The number of hydrogen-bond donors (Lipinski definition) is 1. The standard InChI is InChI=1S/C14H19FN2O2S/c1-9-2-5-14(12(15)6-9)20(18,19)17-7-10-3-4-13(16)11(10)8-17/h2,5-6,10-11,13H,3-4,7-8,16H2,1H3. The summed E-state index contributed by atoms with van der Waals surface area (Å²) in [7, 11) is -3.75. The van der Waals surface area contributed by atoms with E-state index in [0.717, 1.165) is 12.8 Å². The third kappa shape index (κ3) is 2.16. The van der Waals surface area contributed by atoms with E-state index in [-0.39, 0.29) is 16.9 Å². The van der Waals surface area contributed by atoms with Crippen LogP contribution in [-0.2, 0) is 10.0 Å². The van der Waals surface area contributed by atoms with Crippen molar-refractivity contribution < 1.29 is 12.8 Å². The van der Waals surface area contributed by atoms with E-state index in [1.54, 1.807) is 13.0 Å². The fourth-order valence-electron chi connectivity index (χ4n) is 3.42. The van der Waals surface area contributed by atoms with E-state index in [0.29, 0.717) is 24.6 Å². The first-order valence-electron chi connectivity index (χ1n) is 6.91. The molecular weight excluding hydrogens is 279 g/mol. The lowest BCUT2D eigenvalue weighted by Gasteiger charge is -2.19. The number of nitrogens with two attached hydrogens (primary N) is 1. The minimum atomic E-state index is -3.75. The van der Waals surface area contributed by atoms with Crippen molar-refractivity contribution in [3.05, 3.63) is 29.6 Å². The van der Waals surface area contributed by atoms with Crippen LogP contribution in [0.3, 0.4) is 0 Å². The van der Waals surface area contributed by atoms with Crippen molar-refractivity contribution >= 4 is 10.0 Å². The van der Waals surface area contributed by atoms with Crippen molar-refractivity contribution in [2.24, 2.45) is 17.6 Å². The van der Waals surface area contributed by atoms with Crippen molar-refractivity contribution in [1.82, 2.24) is 4.31 Å². The molecule has 2 aliphatic rings. The van der Waals surface area contributed by atoms with Crippen molar-refractivity contribution in [2.75, 3.05) is 13.1 Å². The highest BCUT2D eigenvalue weighted by Gasteiger charge is 2.45. The second kappa shape index (κ2) is 4.79. The number of hydrogen-bond acceptors (Lipinski definition) is 3. The summed E-state index contributed by atoms with van der Waals surface area (Å²) in [4.78, 5) is -0.225. The first-order valence-corrected chi connectivity index (χ1v) is 8.35. The van der Waals surface area contributed by atoms with Gasteiger partial charge in [0.15, 0.2) is 0 Å². The zero-order chi connectivity index (χ0) is 14.5. The number of sulfonamides is 1. The van der Waals surface area contributed by atoms with E-state index in [1.165, 1.54) is 16.4 Å². The Kier molecular flexibility index (Phi) is 3.35. The fraction of sp³-hybridized carbons (Fsp3) is 0.571. The maximum absolute atomic E-state index is 13.9. The molecule has 6 heteroatoms. The van der Waals surface area contributed by atoms with Crippen LogP contribution in [0.25, 0.3) is 0 Å². The molecule has 110 valence electrons. The molecule has 3 atom stereocenters. The highest BCUT2D eigenvalue weighted by molar-refractivity contribution is 7.89. The summed E-state index contributed by atoms with van der Waals surface area (Å²) in [5.41, 5.74) is 6.73. The molecule has 0 aromatic heterocycles. The largest absolute Gasteiger partial charge is 0.327 e. The van der Waals surface area contributed by atoms with Crippen LogP contribution in [0.15, 0.2) is 23.1 Å². The highest BCUT2D eigenvalue weighted by atomic mass is 32.2. The zero-order valence-corrected chi connectivity index (χ0v) is 12.2. The van der Waals surface area contributed by atoms with Crippen LogP contribution in [0.1, 0.15) is 18.4 Å². The van der Waals surface area contributed by atoms with Gasteiger partial charge in [-0.15, -0.1) is 0 Å². The summed E-state index contributed by atoms with van der Waals surface area (Å²) in [6, 6.07) is 4.31. The lowest BCUT2D eigenvalue weighted by atomic mass is 9.98. The smallest absolute Gasteiger partial charge is 0.246 e. The van der Waals surface area contributed by atoms with E-state index < -0.39 is 15.8 Å². The number of fused-ring (bicyclic) bond motifs is 1. The summed E-state index contributed by atoms with van der Waals surface area (Å²) in [5, 5.41) is 0. The predicted molar refractivity (Wildman–Crippen MR) is 74.1 cm³/mol. The molecule has 1 aromatic carbocycles. The number of aryl methyl sites for hydroxylation is 1. The minimum Gasteiger partial charge on any atom is -0.327 e. The van der Waals surface area contributed by atoms with Gasteiger partial charge in [0.2, 0.25) is 10.0 Å². The van der Waals surface area contributed by atoms with Crippen LogP contribution >= 0.6 is 0 Å². The molecule has 1 aliphatic carbocycles. The molecule has 0 amide bonds. The van der Waals surface area contributed by atoms with Gasteiger partial charge in [0.05, 0.1) is 0 Å². The molecule has 0 spiro atoms. The Morgan fingerprint density at radius 2 is 2.05 bits per heavy atom. The SMILES string of the molecule is Cc1ccc(S(=O)(=O)N2CC3CCC(N)C3C2)c(F)c1. The molecule has 20 heavy (non-hydrogen) atoms.